The summed E-state index contributed by atoms with van der Waals surface area (Å²) in [5.74, 6) is 0.888. The number of nitrogens with one attached hydrogen (secondary N) is 1. The normalized spacial score (nSPS) is 11.0. The first-order chi connectivity index (χ1) is 10.4. The molecule has 0 aliphatic carbocycles. The Hall–Kier alpha value is -2.30. The van der Waals surface area contributed by atoms with Crippen molar-refractivity contribution in [3.8, 4) is 5.75 Å². The van der Waals surface area contributed by atoms with Gasteiger partial charge in [-0.05, 0) is 30.5 Å². The molecule has 0 radical (unpaired) electrons. The molecule has 1 aromatic carbocycles. The number of methoxy groups -OCH3 is 1. The standard InChI is InChI=1S/C17H22N2O3/c1-11(2)7-8-18-17(21)15-10-19(12(3)20)16-6-5-13(22-4)9-14(15)16/h5-6,9-11H,7-8H2,1-4H3,(H,18,21). The molecule has 0 saturated carbocycles. The largest absolute Gasteiger partial charge is 0.497 e. The van der Waals surface area contributed by atoms with Crippen LogP contribution in [0, 0.1) is 5.92 Å². The van der Waals surface area contributed by atoms with Crippen molar-refractivity contribution in [3.05, 3.63) is 30.0 Å². The van der Waals surface area contributed by atoms with Crippen molar-refractivity contribution in [2.45, 2.75) is 27.2 Å². The Labute approximate surface area is 130 Å². The first-order valence-corrected chi connectivity index (χ1v) is 7.42. The van der Waals surface area contributed by atoms with Crippen LogP contribution in [0.5, 0.6) is 5.75 Å². The third-order valence-corrected chi connectivity index (χ3v) is 3.60. The van der Waals surface area contributed by atoms with Crippen molar-refractivity contribution in [3.63, 3.8) is 0 Å². The summed E-state index contributed by atoms with van der Waals surface area (Å²) < 4.78 is 6.71. The Bertz CT molecular complexity index is 701. The molecule has 0 unspecified atom stereocenters. The highest BCUT2D eigenvalue weighted by molar-refractivity contribution is 6.09. The number of carbonyl (C=O) groups is 2. The Morgan fingerprint density at radius 1 is 1.32 bits per heavy atom. The van der Waals surface area contributed by atoms with Gasteiger partial charge in [0, 0.05) is 25.1 Å². The van der Waals surface area contributed by atoms with E-state index in [-0.39, 0.29) is 11.8 Å². The maximum Gasteiger partial charge on any atom is 0.253 e. The van der Waals surface area contributed by atoms with Crippen LogP contribution in [-0.4, -0.2) is 30.0 Å². The van der Waals surface area contributed by atoms with Crippen LogP contribution in [0.25, 0.3) is 10.9 Å². The fourth-order valence-corrected chi connectivity index (χ4v) is 2.35. The number of ether oxygens (including phenoxy) is 1. The van der Waals surface area contributed by atoms with Crippen molar-refractivity contribution in [2.24, 2.45) is 5.92 Å². The molecule has 1 aromatic heterocycles. The van der Waals surface area contributed by atoms with E-state index < -0.39 is 0 Å². The third-order valence-electron chi connectivity index (χ3n) is 3.60. The quantitative estimate of drug-likeness (QED) is 0.923. The molecule has 22 heavy (non-hydrogen) atoms. The first-order valence-electron chi connectivity index (χ1n) is 7.42. The van der Waals surface area contributed by atoms with Crippen molar-refractivity contribution in [2.75, 3.05) is 13.7 Å². The summed E-state index contributed by atoms with van der Waals surface area (Å²) in [4.78, 5) is 24.2. The molecule has 5 heteroatoms. The average Bonchev–Trinajstić information content (AvgIpc) is 2.85. The van der Waals surface area contributed by atoms with Crippen LogP contribution >= 0.6 is 0 Å². The van der Waals surface area contributed by atoms with Gasteiger partial charge in [-0.3, -0.25) is 14.2 Å². The highest BCUT2D eigenvalue weighted by Gasteiger charge is 2.17. The lowest BCUT2D eigenvalue weighted by atomic mass is 10.1. The third kappa shape index (κ3) is 3.30. The second kappa shape index (κ2) is 6.64. The van der Waals surface area contributed by atoms with E-state index in [1.165, 1.54) is 11.5 Å². The van der Waals surface area contributed by atoms with Gasteiger partial charge in [-0.1, -0.05) is 13.8 Å². The summed E-state index contributed by atoms with van der Waals surface area (Å²) in [5.41, 5.74) is 1.20. The molecule has 0 aliphatic heterocycles. The van der Waals surface area contributed by atoms with Crippen LogP contribution in [0.3, 0.4) is 0 Å². The monoisotopic (exact) mass is 302 g/mol. The van der Waals surface area contributed by atoms with Crippen LogP contribution in [0.1, 0.15) is 42.3 Å². The predicted octanol–water partition coefficient (Wildman–Crippen LogP) is 3.09. The van der Waals surface area contributed by atoms with E-state index in [1.807, 2.05) is 0 Å². The zero-order chi connectivity index (χ0) is 16.3. The van der Waals surface area contributed by atoms with Crippen molar-refractivity contribution >= 4 is 22.7 Å². The number of benzene rings is 1. The summed E-state index contributed by atoms with van der Waals surface area (Å²) in [6.07, 6.45) is 2.51. The molecular weight excluding hydrogens is 280 g/mol. The predicted molar refractivity (Wildman–Crippen MR) is 86.6 cm³/mol. The molecule has 118 valence electrons. The number of aromatic nitrogens is 1. The lowest BCUT2D eigenvalue weighted by Gasteiger charge is -2.06. The molecule has 2 aromatic rings. The molecule has 1 amide bonds. The zero-order valence-corrected chi connectivity index (χ0v) is 13.5. The zero-order valence-electron chi connectivity index (χ0n) is 13.5. The highest BCUT2D eigenvalue weighted by atomic mass is 16.5. The molecule has 1 heterocycles. The molecular formula is C17H22N2O3. The molecule has 0 bridgehead atoms. The highest BCUT2D eigenvalue weighted by Crippen LogP contribution is 2.26. The fourth-order valence-electron chi connectivity index (χ4n) is 2.35. The van der Waals surface area contributed by atoms with E-state index >= 15 is 0 Å². The summed E-state index contributed by atoms with van der Waals surface area (Å²) in [6, 6.07) is 5.36. The molecule has 1 N–H and O–H groups in total. The van der Waals surface area contributed by atoms with Gasteiger partial charge < -0.3 is 10.1 Å². The van der Waals surface area contributed by atoms with E-state index in [0.717, 1.165) is 11.8 Å². The lowest BCUT2D eigenvalue weighted by Crippen LogP contribution is -2.25. The van der Waals surface area contributed by atoms with Gasteiger partial charge in [-0.25, -0.2) is 0 Å². The van der Waals surface area contributed by atoms with E-state index in [2.05, 4.69) is 19.2 Å². The van der Waals surface area contributed by atoms with Gasteiger partial charge in [0.15, 0.2) is 0 Å². The van der Waals surface area contributed by atoms with Gasteiger partial charge in [0.1, 0.15) is 5.75 Å². The second-order valence-corrected chi connectivity index (χ2v) is 5.75. The first kappa shape index (κ1) is 16.1. The number of nitrogens with zero attached hydrogens (tertiary/aromatic N) is 1. The van der Waals surface area contributed by atoms with Crippen LogP contribution in [0.15, 0.2) is 24.4 Å². The van der Waals surface area contributed by atoms with Gasteiger partial charge in [-0.2, -0.15) is 0 Å². The Balaban J connectivity index is 2.39. The lowest BCUT2D eigenvalue weighted by molar-refractivity contribution is 0.0941. The van der Waals surface area contributed by atoms with Crippen LogP contribution in [-0.2, 0) is 0 Å². The van der Waals surface area contributed by atoms with Crippen LogP contribution in [0.4, 0.5) is 0 Å². The summed E-state index contributed by atoms with van der Waals surface area (Å²) in [7, 11) is 1.57. The summed E-state index contributed by atoms with van der Waals surface area (Å²) in [6.45, 7) is 6.31. The number of amides is 1. The van der Waals surface area contributed by atoms with E-state index in [9.17, 15) is 9.59 Å². The number of hydrogen-bond acceptors (Lipinski definition) is 3. The molecule has 5 nitrogen and oxygen atoms in total. The molecule has 0 saturated heterocycles. The molecule has 2 rings (SSSR count). The fraction of sp³-hybridized carbons (Fsp3) is 0.412. The molecule has 0 spiro atoms. The molecule has 0 aliphatic rings. The van der Waals surface area contributed by atoms with Crippen molar-refractivity contribution in [1.29, 1.82) is 0 Å². The van der Waals surface area contributed by atoms with Gasteiger partial charge in [-0.15, -0.1) is 0 Å². The number of fused-ring (bicyclic) bond motifs is 1. The van der Waals surface area contributed by atoms with Gasteiger partial charge >= 0.3 is 0 Å². The topological polar surface area (TPSA) is 60.3 Å². The minimum Gasteiger partial charge on any atom is -0.497 e. The van der Waals surface area contributed by atoms with Crippen molar-refractivity contribution < 1.29 is 14.3 Å². The van der Waals surface area contributed by atoms with E-state index in [0.29, 0.717) is 29.3 Å². The van der Waals surface area contributed by atoms with Gasteiger partial charge in [0.2, 0.25) is 5.91 Å². The molecule has 0 atom stereocenters. The minimum absolute atomic E-state index is 0.128. The number of rotatable bonds is 5. The number of hydrogen-bond donors (Lipinski definition) is 1. The Morgan fingerprint density at radius 2 is 2.05 bits per heavy atom. The minimum atomic E-state index is -0.168. The second-order valence-electron chi connectivity index (χ2n) is 5.75. The SMILES string of the molecule is COc1ccc2c(c1)c(C(=O)NCCC(C)C)cn2C(C)=O. The van der Waals surface area contributed by atoms with E-state index in [1.54, 1.807) is 31.5 Å². The number of carbonyl (C=O) groups excluding carboxylic acids is 2. The van der Waals surface area contributed by atoms with Crippen molar-refractivity contribution in [1.82, 2.24) is 9.88 Å². The maximum atomic E-state index is 12.4. The summed E-state index contributed by atoms with van der Waals surface area (Å²) >= 11 is 0. The van der Waals surface area contributed by atoms with E-state index in [4.69, 9.17) is 4.74 Å². The Morgan fingerprint density at radius 3 is 2.64 bits per heavy atom. The van der Waals surface area contributed by atoms with Gasteiger partial charge in [0.05, 0.1) is 18.2 Å². The Kier molecular flexibility index (Phi) is 4.85. The van der Waals surface area contributed by atoms with Crippen LogP contribution in [0.2, 0.25) is 0 Å². The smallest absolute Gasteiger partial charge is 0.253 e. The van der Waals surface area contributed by atoms with Crippen LogP contribution < -0.4 is 10.1 Å². The van der Waals surface area contributed by atoms with Gasteiger partial charge in [0.25, 0.3) is 5.91 Å². The average molecular weight is 302 g/mol. The summed E-state index contributed by atoms with van der Waals surface area (Å²) in [5, 5.41) is 3.63. The maximum absolute atomic E-state index is 12.4. The molecule has 0 fully saturated rings.